The first-order valence-electron chi connectivity index (χ1n) is 6.64. The van der Waals surface area contributed by atoms with E-state index in [1.54, 1.807) is 11.8 Å². The van der Waals surface area contributed by atoms with Gasteiger partial charge >= 0.3 is 0 Å². The van der Waals surface area contributed by atoms with Crippen LogP contribution in [0, 0.1) is 13.8 Å². The molecule has 0 aliphatic heterocycles. The molecule has 1 aromatic carbocycles. The summed E-state index contributed by atoms with van der Waals surface area (Å²) < 4.78 is 7.36. The van der Waals surface area contributed by atoms with Crippen LogP contribution in [0.1, 0.15) is 11.1 Å². The van der Waals surface area contributed by atoms with Crippen molar-refractivity contribution in [1.82, 2.24) is 9.55 Å². The SMILES string of the molecule is Cc1ccc(-n2ccnc2SCCOCCO)c(C)c1. The van der Waals surface area contributed by atoms with E-state index in [0.717, 1.165) is 16.6 Å². The zero-order valence-electron chi connectivity index (χ0n) is 11.9. The van der Waals surface area contributed by atoms with Crippen molar-refractivity contribution >= 4 is 11.8 Å². The van der Waals surface area contributed by atoms with Crippen molar-refractivity contribution in [3.63, 3.8) is 0 Å². The van der Waals surface area contributed by atoms with E-state index in [0.29, 0.717) is 13.2 Å². The van der Waals surface area contributed by atoms with Crippen LogP contribution in [0.25, 0.3) is 5.69 Å². The summed E-state index contributed by atoms with van der Waals surface area (Å²) in [6.07, 6.45) is 3.80. The Morgan fingerprint density at radius 1 is 1.30 bits per heavy atom. The molecule has 0 aliphatic carbocycles. The molecule has 0 aliphatic rings. The van der Waals surface area contributed by atoms with E-state index in [2.05, 4.69) is 41.6 Å². The van der Waals surface area contributed by atoms with E-state index in [1.165, 1.54) is 11.1 Å². The zero-order valence-corrected chi connectivity index (χ0v) is 12.7. The van der Waals surface area contributed by atoms with Crippen LogP contribution in [0.5, 0.6) is 0 Å². The molecule has 0 atom stereocenters. The Morgan fingerprint density at radius 3 is 2.90 bits per heavy atom. The van der Waals surface area contributed by atoms with Crippen LogP contribution in [0.15, 0.2) is 35.7 Å². The molecule has 0 unspecified atom stereocenters. The molecule has 0 saturated carbocycles. The van der Waals surface area contributed by atoms with Crippen LogP contribution >= 0.6 is 11.8 Å². The fourth-order valence-electron chi connectivity index (χ4n) is 2.01. The van der Waals surface area contributed by atoms with Crippen LogP contribution in [0.3, 0.4) is 0 Å². The molecule has 5 heteroatoms. The number of nitrogens with zero attached hydrogens (tertiary/aromatic N) is 2. The molecular formula is C15H20N2O2S. The van der Waals surface area contributed by atoms with E-state index in [1.807, 2.05) is 12.4 Å². The Labute approximate surface area is 123 Å². The van der Waals surface area contributed by atoms with Gasteiger partial charge < -0.3 is 9.84 Å². The lowest BCUT2D eigenvalue weighted by molar-refractivity contribution is 0.103. The summed E-state index contributed by atoms with van der Waals surface area (Å²) >= 11 is 1.66. The number of thioether (sulfide) groups is 1. The van der Waals surface area contributed by atoms with Crippen molar-refractivity contribution in [3.05, 3.63) is 41.7 Å². The first-order chi connectivity index (χ1) is 9.72. The van der Waals surface area contributed by atoms with Crippen molar-refractivity contribution in [3.8, 4) is 5.69 Å². The highest BCUT2D eigenvalue weighted by Crippen LogP contribution is 2.23. The summed E-state index contributed by atoms with van der Waals surface area (Å²) in [7, 11) is 0. The highest BCUT2D eigenvalue weighted by molar-refractivity contribution is 7.99. The second-order valence-electron chi connectivity index (χ2n) is 4.55. The maximum Gasteiger partial charge on any atom is 0.172 e. The number of aliphatic hydroxyl groups is 1. The summed E-state index contributed by atoms with van der Waals surface area (Å²) in [5.41, 5.74) is 3.66. The van der Waals surface area contributed by atoms with Crippen molar-refractivity contribution in [1.29, 1.82) is 0 Å². The summed E-state index contributed by atoms with van der Waals surface area (Å²) in [6, 6.07) is 6.41. The third-order valence-corrected chi connectivity index (χ3v) is 3.84. The van der Waals surface area contributed by atoms with Gasteiger partial charge in [0, 0.05) is 18.1 Å². The number of aliphatic hydroxyl groups excluding tert-OH is 1. The molecule has 1 heterocycles. The number of imidazole rings is 1. The lowest BCUT2D eigenvalue weighted by Crippen LogP contribution is -2.04. The fourth-order valence-corrected chi connectivity index (χ4v) is 2.83. The standard InChI is InChI=1S/C15H20N2O2S/c1-12-3-4-14(13(2)11-12)17-6-5-16-15(17)20-10-9-19-8-7-18/h3-6,11,18H,7-10H2,1-2H3. The molecule has 0 radical (unpaired) electrons. The van der Waals surface area contributed by atoms with Crippen molar-refractivity contribution in [2.24, 2.45) is 0 Å². The molecule has 2 aromatic rings. The molecule has 2 rings (SSSR count). The van der Waals surface area contributed by atoms with Gasteiger partial charge in [-0.2, -0.15) is 0 Å². The third kappa shape index (κ3) is 3.85. The van der Waals surface area contributed by atoms with E-state index in [4.69, 9.17) is 9.84 Å². The van der Waals surface area contributed by atoms with Crippen LogP contribution in [0.2, 0.25) is 0 Å². The molecule has 108 valence electrons. The van der Waals surface area contributed by atoms with E-state index in [-0.39, 0.29) is 6.61 Å². The van der Waals surface area contributed by atoms with Crippen LogP contribution in [-0.2, 0) is 4.74 Å². The Hall–Kier alpha value is -1.30. The molecule has 0 spiro atoms. The summed E-state index contributed by atoms with van der Waals surface area (Å²) in [5, 5.41) is 9.61. The zero-order chi connectivity index (χ0) is 14.4. The van der Waals surface area contributed by atoms with Gasteiger partial charge in [0.1, 0.15) is 0 Å². The topological polar surface area (TPSA) is 47.3 Å². The smallest absolute Gasteiger partial charge is 0.172 e. The number of rotatable bonds is 7. The largest absolute Gasteiger partial charge is 0.394 e. The summed E-state index contributed by atoms with van der Waals surface area (Å²) in [6.45, 7) is 5.29. The van der Waals surface area contributed by atoms with E-state index >= 15 is 0 Å². The number of aromatic nitrogens is 2. The minimum atomic E-state index is 0.0713. The van der Waals surface area contributed by atoms with E-state index < -0.39 is 0 Å². The highest BCUT2D eigenvalue weighted by atomic mass is 32.2. The quantitative estimate of drug-likeness (QED) is 0.629. The minimum absolute atomic E-state index is 0.0713. The normalized spacial score (nSPS) is 10.9. The van der Waals surface area contributed by atoms with Gasteiger partial charge in [-0.15, -0.1) is 0 Å². The molecule has 0 fully saturated rings. The number of hydrogen-bond acceptors (Lipinski definition) is 4. The van der Waals surface area contributed by atoms with Crippen LogP contribution in [-0.4, -0.2) is 40.2 Å². The Balaban J connectivity index is 2.04. The Morgan fingerprint density at radius 2 is 2.15 bits per heavy atom. The summed E-state index contributed by atoms with van der Waals surface area (Å²) in [5.74, 6) is 0.821. The second-order valence-corrected chi connectivity index (χ2v) is 5.62. The Kier molecular flexibility index (Phi) is 5.64. The third-order valence-electron chi connectivity index (χ3n) is 2.91. The van der Waals surface area contributed by atoms with Crippen molar-refractivity contribution in [2.75, 3.05) is 25.6 Å². The van der Waals surface area contributed by atoms with Gasteiger partial charge in [-0.1, -0.05) is 29.5 Å². The monoisotopic (exact) mass is 292 g/mol. The summed E-state index contributed by atoms with van der Waals surface area (Å²) in [4.78, 5) is 4.39. The van der Waals surface area contributed by atoms with Gasteiger partial charge in [0.25, 0.3) is 0 Å². The molecule has 4 nitrogen and oxygen atoms in total. The molecule has 0 bridgehead atoms. The van der Waals surface area contributed by atoms with Gasteiger partial charge in [-0.25, -0.2) is 4.98 Å². The average molecular weight is 292 g/mol. The number of benzene rings is 1. The van der Waals surface area contributed by atoms with Gasteiger partial charge in [-0.3, -0.25) is 4.57 Å². The van der Waals surface area contributed by atoms with Crippen LogP contribution in [0.4, 0.5) is 0 Å². The van der Waals surface area contributed by atoms with E-state index in [9.17, 15) is 0 Å². The lowest BCUT2D eigenvalue weighted by Gasteiger charge is -2.11. The first-order valence-corrected chi connectivity index (χ1v) is 7.63. The molecule has 0 saturated heterocycles. The Bertz CT molecular complexity index is 555. The van der Waals surface area contributed by atoms with Gasteiger partial charge in [0.15, 0.2) is 5.16 Å². The van der Waals surface area contributed by atoms with Gasteiger partial charge in [-0.05, 0) is 25.5 Å². The molecule has 1 N–H and O–H groups in total. The molecule has 0 amide bonds. The molecule has 1 aromatic heterocycles. The van der Waals surface area contributed by atoms with Crippen LogP contribution < -0.4 is 0 Å². The second kappa shape index (κ2) is 7.47. The number of ether oxygens (including phenoxy) is 1. The maximum atomic E-state index is 8.65. The highest BCUT2D eigenvalue weighted by Gasteiger charge is 2.08. The van der Waals surface area contributed by atoms with Gasteiger partial charge in [0.05, 0.1) is 25.5 Å². The van der Waals surface area contributed by atoms with Gasteiger partial charge in [0.2, 0.25) is 0 Å². The lowest BCUT2D eigenvalue weighted by atomic mass is 10.1. The van der Waals surface area contributed by atoms with Crippen molar-refractivity contribution in [2.45, 2.75) is 19.0 Å². The molecular weight excluding hydrogens is 272 g/mol. The number of hydrogen-bond donors (Lipinski definition) is 1. The first kappa shape index (κ1) is 15.1. The average Bonchev–Trinajstić information content (AvgIpc) is 2.87. The fraction of sp³-hybridized carbons (Fsp3) is 0.400. The predicted octanol–water partition coefficient (Wildman–Crippen LogP) is 2.59. The number of aryl methyl sites for hydroxylation is 2. The predicted molar refractivity (Wildman–Crippen MR) is 81.7 cm³/mol. The minimum Gasteiger partial charge on any atom is -0.394 e. The maximum absolute atomic E-state index is 8.65. The van der Waals surface area contributed by atoms with Crippen molar-refractivity contribution < 1.29 is 9.84 Å². The molecule has 20 heavy (non-hydrogen) atoms.